The van der Waals surface area contributed by atoms with E-state index in [-0.39, 0.29) is 30.3 Å². The number of halogens is 2. The Bertz CT molecular complexity index is 803. The monoisotopic (exact) mass is 413 g/mol. The third-order valence-corrected chi connectivity index (χ3v) is 4.74. The summed E-state index contributed by atoms with van der Waals surface area (Å²) in [7, 11) is 1.47. The van der Waals surface area contributed by atoms with Crippen molar-refractivity contribution in [3.8, 4) is 5.75 Å². The lowest BCUT2D eigenvalue weighted by Gasteiger charge is -2.32. The third-order valence-electron chi connectivity index (χ3n) is 4.41. The molecule has 3 N–H and O–H groups in total. The molecular formula is C18H21Cl2N3O4. The van der Waals surface area contributed by atoms with Gasteiger partial charge in [0.25, 0.3) is 11.8 Å². The maximum absolute atomic E-state index is 12.6. The molecule has 0 atom stereocenters. The van der Waals surface area contributed by atoms with Crippen molar-refractivity contribution in [2.75, 3.05) is 25.9 Å². The maximum Gasteiger partial charge on any atom is 0.289 e. The Balaban J connectivity index is 0.00000261. The van der Waals surface area contributed by atoms with E-state index in [2.05, 4.69) is 5.32 Å². The van der Waals surface area contributed by atoms with Gasteiger partial charge in [-0.1, -0.05) is 11.6 Å². The summed E-state index contributed by atoms with van der Waals surface area (Å²) < 4.78 is 10.4. The molecule has 2 aromatic rings. The molecule has 3 rings (SSSR count). The predicted octanol–water partition coefficient (Wildman–Crippen LogP) is 2.98. The summed E-state index contributed by atoms with van der Waals surface area (Å²) in [5, 5.41) is 3.27. The standard InChI is InChI=1S/C18H20ClN3O4.ClH/c1-25-16-10-14(20)13(19)9-12(16)17(23)21-11-4-6-22(7-5-11)18(24)15-3-2-8-26-15;/h2-3,8-11H,4-7,20H2,1H3,(H,21,23);1H. The number of carbonyl (C=O) groups excluding carboxylic acids is 2. The number of anilines is 1. The van der Waals surface area contributed by atoms with E-state index in [1.807, 2.05) is 0 Å². The Kier molecular flexibility index (Phi) is 6.98. The molecule has 7 nitrogen and oxygen atoms in total. The van der Waals surface area contributed by atoms with Crippen LogP contribution in [0, 0.1) is 0 Å². The van der Waals surface area contributed by atoms with Crippen molar-refractivity contribution < 1.29 is 18.7 Å². The number of benzene rings is 1. The molecule has 1 aliphatic rings. The zero-order valence-electron chi connectivity index (χ0n) is 14.7. The van der Waals surface area contributed by atoms with Gasteiger partial charge in [0.05, 0.1) is 29.6 Å². The normalized spacial score (nSPS) is 14.4. The fourth-order valence-electron chi connectivity index (χ4n) is 2.96. The number of nitrogen functional groups attached to an aromatic ring is 1. The Morgan fingerprint density at radius 3 is 2.63 bits per heavy atom. The summed E-state index contributed by atoms with van der Waals surface area (Å²) in [5.74, 6) is 0.287. The second kappa shape index (κ2) is 9.01. The summed E-state index contributed by atoms with van der Waals surface area (Å²) in [4.78, 5) is 26.6. The number of carbonyl (C=O) groups is 2. The van der Waals surface area contributed by atoms with Crippen LogP contribution < -0.4 is 15.8 Å². The van der Waals surface area contributed by atoms with Gasteiger partial charge in [0.15, 0.2) is 5.76 Å². The van der Waals surface area contributed by atoms with Crippen molar-refractivity contribution in [3.05, 3.63) is 46.9 Å². The topological polar surface area (TPSA) is 97.8 Å². The summed E-state index contributed by atoms with van der Waals surface area (Å²) in [6, 6.07) is 6.32. The second-order valence-electron chi connectivity index (χ2n) is 6.09. The van der Waals surface area contributed by atoms with Crippen LogP contribution in [0.2, 0.25) is 5.02 Å². The van der Waals surface area contributed by atoms with E-state index < -0.39 is 0 Å². The van der Waals surface area contributed by atoms with Gasteiger partial charge in [-0.05, 0) is 31.0 Å². The Morgan fingerprint density at radius 1 is 1.33 bits per heavy atom. The average Bonchev–Trinajstić information content (AvgIpc) is 3.18. The number of furan rings is 1. The minimum Gasteiger partial charge on any atom is -0.496 e. The Morgan fingerprint density at radius 2 is 2.04 bits per heavy atom. The van der Waals surface area contributed by atoms with Crippen molar-refractivity contribution in [3.63, 3.8) is 0 Å². The van der Waals surface area contributed by atoms with Gasteiger partial charge >= 0.3 is 0 Å². The van der Waals surface area contributed by atoms with Crippen molar-refractivity contribution >= 4 is 41.5 Å². The predicted molar refractivity (Wildman–Crippen MR) is 105 cm³/mol. The van der Waals surface area contributed by atoms with Crippen molar-refractivity contribution in [1.29, 1.82) is 0 Å². The number of amides is 2. The van der Waals surface area contributed by atoms with E-state index >= 15 is 0 Å². The summed E-state index contributed by atoms with van der Waals surface area (Å²) in [6.07, 6.45) is 2.79. The maximum atomic E-state index is 12.6. The fraction of sp³-hybridized carbons (Fsp3) is 0.333. The second-order valence-corrected chi connectivity index (χ2v) is 6.50. The molecule has 1 aromatic heterocycles. The minimum atomic E-state index is -0.278. The quantitative estimate of drug-likeness (QED) is 0.750. The largest absolute Gasteiger partial charge is 0.496 e. The van der Waals surface area contributed by atoms with Crippen LogP contribution in [0.25, 0.3) is 0 Å². The van der Waals surface area contributed by atoms with Crippen molar-refractivity contribution in [1.82, 2.24) is 10.2 Å². The van der Waals surface area contributed by atoms with Crippen LogP contribution in [0.4, 0.5) is 5.69 Å². The van der Waals surface area contributed by atoms with Gasteiger partial charge in [0, 0.05) is 25.2 Å². The van der Waals surface area contributed by atoms with Gasteiger partial charge in [0.2, 0.25) is 0 Å². The molecule has 1 aromatic carbocycles. The highest BCUT2D eigenvalue weighted by Gasteiger charge is 2.26. The number of hydrogen-bond acceptors (Lipinski definition) is 5. The molecule has 0 saturated carbocycles. The molecule has 1 saturated heterocycles. The summed E-state index contributed by atoms with van der Waals surface area (Å²) in [6.45, 7) is 1.09. The van der Waals surface area contributed by atoms with Crippen LogP contribution in [0.15, 0.2) is 34.9 Å². The lowest BCUT2D eigenvalue weighted by molar-refractivity contribution is 0.0667. The van der Waals surface area contributed by atoms with Crippen LogP contribution in [0.3, 0.4) is 0 Å². The first-order valence-electron chi connectivity index (χ1n) is 8.26. The van der Waals surface area contributed by atoms with E-state index in [1.54, 1.807) is 17.0 Å². The molecule has 0 radical (unpaired) electrons. The van der Waals surface area contributed by atoms with Gasteiger partial charge in [-0.15, -0.1) is 12.4 Å². The molecule has 9 heteroatoms. The highest BCUT2D eigenvalue weighted by Crippen LogP contribution is 2.29. The van der Waals surface area contributed by atoms with Crippen LogP contribution in [-0.4, -0.2) is 43.0 Å². The minimum absolute atomic E-state index is 0. The van der Waals surface area contributed by atoms with E-state index in [4.69, 9.17) is 26.5 Å². The van der Waals surface area contributed by atoms with Crippen LogP contribution in [0.5, 0.6) is 5.75 Å². The SMILES string of the molecule is COc1cc(N)c(Cl)cc1C(=O)NC1CCN(C(=O)c2ccco2)CC1.Cl. The van der Waals surface area contributed by atoms with E-state index in [9.17, 15) is 9.59 Å². The highest BCUT2D eigenvalue weighted by molar-refractivity contribution is 6.33. The number of methoxy groups -OCH3 is 1. The molecule has 146 valence electrons. The Labute approximate surface area is 168 Å². The number of nitrogens with zero attached hydrogens (tertiary/aromatic N) is 1. The number of likely N-dealkylation sites (tertiary alicyclic amines) is 1. The Hall–Kier alpha value is -2.38. The molecule has 0 spiro atoms. The van der Waals surface area contributed by atoms with E-state index in [0.29, 0.717) is 53.7 Å². The van der Waals surface area contributed by atoms with Crippen molar-refractivity contribution in [2.24, 2.45) is 0 Å². The number of hydrogen-bond donors (Lipinski definition) is 2. The molecule has 0 unspecified atom stereocenters. The van der Waals surface area contributed by atoms with Gasteiger partial charge in [-0.2, -0.15) is 0 Å². The van der Waals surface area contributed by atoms with Crippen LogP contribution in [0.1, 0.15) is 33.8 Å². The molecular weight excluding hydrogens is 393 g/mol. The zero-order valence-corrected chi connectivity index (χ0v) is 16.3. The average molecular weight is 414 g/mol. The fourth-order valence-corrected chi connectivity index (χ4v) is 3.13. The molecule has 27 heavy (non-hydrogen) atoms. The van der Waals surface area contributed by atoms with Gasteiger partial charge in [-0.25, -0.2) is 0 Å². The van der Waals surface area contributed by atoms with Crippen LogP contribution in [-0.2, 0) is 0 Å². The third kappa shape index (κ3) is 4.67. The molecule has 0 bridgehead atoms. The van der Waals surface area contributed by atoms with Crippen molar-refractivity contribution in [2.45, 2.75) is 18.9 Å². The molecule has 2 heterocycles. The molecule has 0 aliphatic carbocycles. The number of ether oxygens (including phenoxy) is 1. The molecule has 1 fully saturated rings. The molecule has 1 aliphatic heterocycles. The smallest absolute Gasteiger partial charge is 0.289 e. The first-order chi connectivity index (χ1) is 12.5. The zero-order chi connectivity index (χ0) is 18.7. The lowest BCUT2D eigenvalue weighted by atomic mass is 10.0. The number of nitrogens with one attached hydrogen (secondary N) is 1. The summed E-state index contributed by atoms with van der Waals surface area (Å²) in [5.41, 5.74) is 6.43. The van der Waals surface area contributed by atoms with E-state index in [0.717, 1.165) is 0 Å². The number of rotatable bonds is 4. The number of nitrogens with two attached hydrogens (primary N) is 1. The highest BCUT2D eigenvalue weighted by atomic mass is 35.5. The molecule has 2 amide bonds. The van der Waals surface area contributed by atoms with E-state index in [1.165, 1.54) is 25.5 Å². The first kappa shape index (κ1) is 20.9. The number of piperidine rings is 1. The van der Waals surface area contributed by atoms with Crippen LogP contribution >= 0.6 is 24.0 Å². The summed E-state index contributed by atoms with van der Waals surface area (Å²) >= 11 is 6.02. The lowest BCUT2D eigenvalue weighted by Crippen LogP contribution is -2.46. The van der Waals surface area contributed by atoms with Gasteiger partial charge in [0.1, 0.15) is 5.75 Å². The van der Waals surface area contributed by atoms with Gasteiger partial charge < -0.3 is 25.1 Å². The van der Waals surface area contributed by atoms with Gasteiger partial charge in [-0.3, -0.25) is 9.59 Å². The first-order valence-corrected chi connectivity index (χ1v) is 8.64.